The van der Waals surface area contributed by atoms with Crippen LogP contribution in [0.5, 0.6) is 0 Å². The minimum absolute atomic E-state index is 0.113. The Morgan fingerprint density at radius 3 is 2.53 bits per heavy atom. The predicted octanol–water partition coefficient (Wildman–Crippen LogP) is 3.38. The highest BCUT2D eigenvalue weighted by molar-refractivity contribution is 8.13. The molecule has 0 aliphatic heterocycles. The Labute approximate surface area is 90.6 Å². The topological polar surface area (TPSA) is 17.1 Å². The van der Waals surface area contributed by atoms with E-state index in [1.807, 2.05) is 0 Å². The van der Waals surface area contributed by atoms with Gasteiger partial charge in [-0.05, 0) is 12.8 Å². The van der Waals surface area contributed by atoms with Gasteiger partial charge >= 0.3 is 0 Å². The molecular weight excluding hydrogens is 232 g/mol. The van der Waals surface area contributed by atoms with Crippen LogP contribution in [-0.2, 0) is 4.79 Å². The summed E-state index contributed by atoms with van der Waals surface area (Å²) in [4.78, 5) is 10.4. The lowest BCUT2D eigenvalue weighted by Gasteiger charge is -2.19. The Hall–Kier alpha value is -0.260. The summed E-state index contributed by atoms with van der Waals surface area (Å²) in [6.45, 7) is 0.470. The van der Waals surface area contributed by atoms with Crippen LogP contribution >= 0.6 is 11.8 Å². The van der Waals surface area contributed by atoms with Crippen molar-refractivity contribution in [2.45, 2.75) is 38.3 Å². The molecule has 0 spiro atoms. The molecule has 0 amide bonds. The maximum atomic E-state index is 13.0. The number of halogens is 4. The van der Waals surface area contributed by atoms with Crippen molar-refractivity contribution in [1.29, 1.82) is 0 Å². The zero-order valence-corrected chi connectivity index (χ0v) is 9.26. The molecule has 1 atom stereocenters. The van der Waals surface area contributed by atoms with Gasteiger partial charge in [0.1, 0.15) is 0 Å². The van der Waals surface area contributed by atoms with Crippen LogP contribution in [0.1, 0.15) is 26.2 Å². The van der Waals surface area contributed by atoms with E-state index in [2.05, 4.69) is 0 Å². The lowest BCUT2D eigenvalue weighted by molar-refractivity contribution is -0.109. The molecule has 0 aromatic carbocycles. The fourth-order valence-electron chi connectivity index (χ4n) is 0.955. The Kier molecular flexibility index (Phi) is 6.96. The van der Waals surface area contributed by atoms with Gasteiger partial charge in [0.25, 0.3) is 5.92 Å². The van der Waals surface area contributed by atoms with Crippen molar-refractivity contribution in [2.75, 3.05) is 12.4 Å². The van der Waals surface area contributed by atoms with E-state index in [-0.39, 0.29) is 17.3 Å². The Bertz CT molecular complexity index is 199. The molecule has 0 rings (SSSR count). The second-order valence-corrected chi connectivity index (χ2v) is 4.42. The first-order valence-corrected chi connectivity index (χ1v) is 5.60. The molecule has 1 nitrogen and oxygen atoms in total. The lowest BCUT2D eigenvalue weighted by atomic mass is 10.1. The summed E-state index contributed by atoms with van der Waals surface area (Å²) >= 11 is 0.740. The second kappa shape index (κ2) is 7.09. The van der Waals surface area contributed by atoms with Crippen molar-refractivity contribution in [3.8, 4) is 0 Å². The minimum atomic E-state index is -3.46. The minimum Gasteiger partial charge on any atom is -0.288 e. The number of thioether (sulfide) groups is 1. The van der Waals surface area contributed by atoms with Gasteiger partial charge in [0.2, 0.25) is 0 Å². The van der Waals surface area contributed by atoms with Crippen LogP contribution in [0, 0.1) is 0 Å². The average Bonchev–Trinajstić information content (AvgIpc) is 2.13. The molecule has 0 radical (unpaired) electrons. The number of carbonyl (C=O) groups is 1. The van der Waals surface area contributed by atoms with E-state index in [0.717, 1.165) is 11.8 Å². The molecule has 0 heterocycles. The largest absolute Gasteiger partial charge is 0.288 e. The van der Waals surface area contributed by atoms with Crippen LogP contribution < -0.4 is 0 Å². The molecule has 0 aromatic heterocycles. The van der Waals surface area contributed by atoms with Crippen LogP contribution in [0.25, 0.3) is 0 Å². The fraction of sp³-hybridized carbons (Fsp3) is 0.889. The average molecular weight is 246 g/mol. The van der Waals surface area contributed by atoms with Crippen molar-refractivity contribution < 1.29 is 22.4 Å². The molecule has 90 valence electrons. The number of hydrogen-bond acceptors (Lipinski definition) is 2. The summed E-state index contributed by atoms with van der Waals surface area (Å²) in [5.74, 6) is -3.57. The normalized spacial score (nSPS) is 13.9. The van der Waals surface area contributed by atoms with E-state index in [1.165, 1.54) is 6.92 Å². The molecule has 0 aromatic rings. The highest BCUT2D eigenvalue weighted by Crippen LogP contribution is 2.30. The maximum Gasteiger partial charge on any atom is 0.279 e. The smallest absolute Gasteiger partial charge is 0.279 e. The van der Waals surface area contributed by atoms with Gasteiger partial charge in [-0.1, -0.05) is 11.8 Å². The first-order chi connectivity index (χ1) is 6.90. The van der Waals surface area contributed by atoms with Gasteiger partial charge in [-0.25, -0.2) is 13.2 Å². The molecule has 0 N–H and O–H groups in total. The van der Waals surface area contributed by atoms with Crippen molar-refractivity contribution in [2.24, 2.45) is 0 Å². The highest BCUT2D eigenvalue weighted by Gasteiger charge is 2.38. The van der Waals surface area contributed by atoms with Gasteiger partial charge in [-0.15, -0.1) is 0 Å². The number of alkyl halides is 4. The van der Waals surface area contributed by atoms with Gasteiger partial charge in [0.15, 0.2) is 11.3 Å². The summed E-state index contributed by atoms with van der Waals surface area (Å²) in [5, 5.41) is -0.273. The Balaban J connectivity index is 3.87. The molecule has 0 saturated heterocycles. The quantitative estimate of drug-likeness (QED) is 0.640. The Morgan fingerprint density at radius 2 is 2.07 bits per heavy atom. The number of rotatable bonds is 7. The number of carbonyl (C=O) groups excluding carboxylic acids is 1. The van der Waals surface area contributed by atoms with E-state index in [9.17, 15) is 22.4 Å². The lowest BCUT2D eigenvalue weighted by Crippen LogP contribution is -2.30. The molecule has 0 aliphatic rings. The van der Waals surface area contributed by atoms with Gasteiger partial charge in [-0.3, -0.25) is 9.18 Å². The summed E-state index contributed by atoms with van der Waals surface area (Å²) in [5.41, 5.74) is 0. The van der Waals surface area contributed by atoms with E-state index in [0.29, 0.717) is 0 Å². The van der Waals surface area contributed by atoms with E-state index in [1.54, 1.807) is 0 Å². The summed E-state index contributed by atoms with van der Waals surface area (Å²) in [6, 6.07) is 0. The third kappa shape index (κ3) is 6.76. The van der Waals surface area contributed by atoms with Gasteiger partial charge in [-0.2, -0.15) is 0 Å². The van der Waals surface area contributed by atoms with Gasteiger partial charge in [0.05, 0.1) is 6.67 Å². The van der Waals surface area contributed by atoms with E-state index < -0.39 is 31.6 Å². The predicted molar refractivity (Wildman–Crippen MR) is 52.8 cm³/mol. The molecule has 0 bridgehead atoms. The second-order valence-electron chi connectivity index (χ2n) is 3.15. The monoisotopic (exact) mass is 246 g/mol. The van der Waals surface area contributed by atoms with Crippen LogP contribution in [0.4, 0.5) is 17.6 Å². The van der Waals surface area contributed by atoms with Crippen LogP contribution in [0.2, 0.25) is 0 Å². The molecule has 6 heteroatoms. The van der Waals surface area contributed by atoms with E-state index >= 15 is 0 Å². The van der Waals surface area contributed by atoms with Crippen molar-refractivity contribution >= 4 is 16.9 Å². The van der Waals surface area contributed by atoms with Crippen molar-refractivity contribution in [3.63, 3.8) is 0 Å². The molecule has 15 heavy (non-hydrogen) atoms. The summed E-state index contributed by atoms with van der Waals surface area (Å²) < 4.78 is 50.5. The molecule has 1 unspecified atom stereocenters. The molecule has 0 aliphatic carbocycles. The molecule has 0 fully saturated rings. The number of hydrogen-bond donors (Lipinski definition) is 0. The SMILES string of the molecule is CC(=O)SCCC(F)(F)C(F)CCCF. The molecule has 0 saturated carbocycles. The third-order valence-corrected chi connectivity index (χ3v) is 2.60. The third-order valence-electron chi connectivity index (χ3n) is 1.79. The summed E-state index contributed by atoms with van der Waals surface area (Å²) in [6.07, 6.45) is -3.68. The van der Waals surface area contributed by atoms with E-state index in [4.69, 9.17) is 0 Å². The van der Waals surface area contributed by atoms with Crippen LogP contribution in [0.3, 0.4) is 0 Å². The first kappa shape index (κ1) is 14.7. The zero-order chi connectivity index (χ0) is 11.9. The molecular formula is C9H14F4OS. The standard InChI is InChI=1S/C9H14F4OS/c1-7(14)15-6-4-9(12,13)8(11)3-2-5-10/h8H,2-6H2,1H3. The summed E-state index contributed by atoms with van der Waals surface area (Å²) in [7, 11) is 0. The zero-order valence-electron chi connectivity index (χ0n) is 8.44. The Morgan fingerprint density at radius 1 is 1.47 bits per heavy atom. The first-order valence-electron chi connectivity index (χ1n) is 4.61. The van der Waals surface area contributed by atoms with Crippen molar-refractivity contribution in [3.05, 3.63) is 0 Å². The maximum absolute atomic E-state index is 13.0. The van der Waals surface area contributed by atoms with Gasteiger partial charge < -0.3 is 0 Å². The van der Waals surface area contributed by atoms with Crippen molar-refractivity contribution in [1.82, 2.24) is 0 Å². The fourth-order valence-corrected chi connectivity index (χ4v) is 1.62. The van der Waals surface area contributed by atoms with Crippen LogP contribution in [0.15, 0.2) is 0 Å². The highest BCUT2D eigenvalue weighted by atomic mass is 32.2. The van der Waals surface area contributed by atoms with Crippen LogP contribution in [-0.4, -0.2) is 29.6 Å². The van der Waals surface area contributed by atoms with Gasteiger partial charge in [0, 0.05) is 19.1 Å².